The van der Waals surface area contributed by atoms with E-state index in [-0.39, 0.29) is 46.8 Å². The molecule has 2 fully saturated rings. The highest BCUT2D eigenvalue weighted by atomic mass is 35.5. The highest BCUT2D eigenvalue weighted by molar-refractivity contribution is 7.89. The van der Waals surface area contributed by atoms with Gasteiger partial charge in [0.05, 0.1) is 31.1 Å². The van der Waals surface area contributed by atoms with Crippen LogP contribution in [0.3, 0.4) is 0 Å². The van der Waals surface area contributed by atoms with Gasteiger partial charge in [-0.15, -0.1) is 0 Å². The van der Waals surface area contributed by atoms with Gasteiger partial charge in [0, 0.05) is 36.9 Å². The summed E-state index contributed by atoms with van der Waals surface area (Å²) in [4.78, 5) is 13.1. The lowest BCUT2D eigenvalue weighted by Crippen LogP contribution is -2.43. The fourth-order valence-electron chi connectivity index (χ4n) is 4.26. The Kier molecular flexibility index (Phi) is 8.22. The van der Waals surface area contributed by atoms with E-state index in [1.54, 1.807) is 6.07 Å². The van der Waals surface area contributed by atoms with E-state index in [2.05, 4.69) is 5.32 Å². The predicted octanol–water partition coefficient (Wildman–Crippen LogP) is 2.41. The first-order chi connectivity index (χ1) is 17.1. The third kappa shape index (κ3) is 5.68. The molecule has 0 bridgehead atoms. The van der Waals surface area contributed by atoms with E-state index in [4.69, 9.17) is 21.1 Å². The summed E-state index contributed by atoms with van der Waals surface area (Å²) in [6.07, 6.45) is 1.03. The molecule has 1 N–H and O–H groups in total. The highest BCUT2D eigenvalue weighted by Crippen LogP contribution is 2.31. The smallest absolute Gasteiger partial charge is 0.246 e. The molecular formula is C23H28ClN3O7S2. The van der Waals surface area contributed by atoms with Crippen molar-refractivity contribution < 1.29 is 31.1 Å². The van der Waals surface area contributed by atoms with E-state index in [1.165, 1.54) is 52.1 Å². The maximum absolute atomic E-state index is 13.2. The minimum Gasteiger partial charge on any atom is -0.495 e. The second-order valence-corrected chi connectivity index (χ2v) is 12.8. The van der Waals surface area contributed by atoms with Crippen molar-refractivity contribution in [2.45, 2.75) is 22.6 Å². The molecule has 13 heteroatoms. The Bertz CT molecular complexity index is 1310. The number of carbonyl (C=O) groups excluding carboxylic acids is 1. The van der Waals surface area contributed by atoms with Gasteiger partial charge < -0.3 is 14.8 Å². The van der Waals surface area contributed by atoms with Gasteiger partial charge in [-0.3, -0.25) is 4.79 Å². The van der Waals surface area contributed by atoms with Crippen molar-refractivity contribution in [1.29, 1.82) is 0 Å². The minimum absolute atomic E-state index is 0.0197. The molecule has 1 amide bonds. The third-order valence-electron chi connectivity index (χ3n) is 6.23. The lowest BCUT2D eigenvalue weighted by Gasteiger charge is -2.31. The molecule has 2 saturated heterocycles. The number of nitrogens with zero attached hydrogens (tertiary/aromatic N) is 2. The highest BCUT2D eigenvalue weighted by Gasteiger charge is 2.34. The molecule has 2 aliphatic heterocycles. The number of carbonyl (C=O) groups is 1. The molecule has 4 rings (SSSR count). The summed E-state index contributed by atoms with van der Waals surface area (Å²) < 4.78 is 65.7. The largest absolute Gasteiger partial charge is 0.495 e. The van der Waals surface area contributed by atoms with E-state index in [1.807, 2.05) is 0 Å². The Hall–Kier alpha value is -2.22. The van der Waals surface area contributed by atoms with Gasteiger partial charge in [0.25, 0.3) is 0 Å². The van der Waals surface area contributed by atoms with Crippen LogP contribution in [0, 0.1) is 5.92 Å². The number of morpholine rings is 1. The molecule has 0 aliphatic carbocycles. The zero-order valence-electron chi connectivity index (χ0n) is 19.7. The van der Waals surface area contributed by atoms with E-state index >= 15 is 0 Å². The predicted molar refractivity (Wildman–Crippen MR) is 134 cm³/mol. The number of halogens is 1. The molecule has 2 aliphatic rings. The monoisotopic (exact) mass is 557 g/mol. The fraction of sp³-hybridized carbons (Fsp3) is 0.435. The Morgan fingerprint density at radius 2 is 1.69 bits per heavy atom. The number of piperidine rings is 1. The van der Waals surface area contributed by atoms with Gasteiger partial charge in [-0.2, -0.15) is 8.61 Å². The number of amides is 1. The molecule has 10 nitrogen and oxygen atoms in total. The molecule has 36 heavy (non-hydrogen) atoms. The second kappa shape index (κ2) is 11.0. The molecule has 2 heterocycles. The number of rotatable bonds is 7. The van der Waals surface area contributed by atoms with Gasteiger partial charge in [0.2, 0.25) is 26.0 Å². The zero-order valence-corrected chi connectivity index (χ0v) is 22.1. The van der Waals surface area contributed by atoms with E-state index < -0.39 is 26.0 Å². The number of ether oxygens (including phenoxy) is 2. The van der Waals surface area contributed by atoms with Crippen LogP contribution in [0.25, 0.3) is 0 Å². The normalized spacial score (nSPS) is 20.1. The SMILES string of the molecule is COc1ccc(NC(=O)[C@H]2CCCN(S(=O)(=O)c3ccc(Cl)cc3)C2)cc1S(=O)(=O)N1CCOCC1. The van der Waals surface area contributed by atoms with Crippen LogP contribution in [0.1, 0.15) is 12.8 Å². The van der Waals surface area contributed by atoms with Gasteiger partial charge in [0.1, 0.15) is 10.6 Å². The number of hydrogen-bond donors (Lipinski definition) is 1. The topological polar surface area (TPSA) is 122 Å². The Labute approximate surface area is 216 Å². The minimum atomic E-state index is -3.87. The molecule has 0 unspecified atom stereocenters. The van der Waals surface area contributed by atoms with E-state index in [0.29, 0.717) is 37.6 Å². The molecule has 2 aromatic rings. The van der Waals surface area contributed by atoms with Gasteiger partial charge >= 0.3 is 0 Å². The molecule has 0 spiro atoms. The molecule has 196 valence electrons. The van der Waals surface area contributed by atoms with E-state index in [0.717, 1.165) is 0 Å². The third-order valence-corrected chi connectivity index (χ3v) is 10.3. The van der Waals surface area contributed by atoms with Crippen LogP contribution in [0.5, 0.6) is 5.75 Å². The lowest BCUT2D eigenvalue weighted by atomic mass is 9.98. The maximum atomic E-state index is 13.2. The van der Waals surface area contributed by atoms with Crippen molar-refractivity contribution in [3.63, 3.8) is 0 Å². The molecule has 0 aromatic heterocycles. The van der Waals surface area contributed by atoms with Crippen LogP contribution >= 0.6 is 11.6 Å². The van der Waals surface area contributed by atoms with Crippen molar-refractivity contribution in [2.24, 2.45) is 5.92 Å². The van der Waals surface area contributed by atoms with Gasteiger partial charge in [-0.1, -0.05) is 11.6 Å². The molecule has 0 saturated carbocycles. The summed E-state index contributed by atoms with van der Waals surface area (Å²) >= 11 is 5.88. The van der Waals surface area contributed by atoms with Crippen molar-refractivity contribution in [2.75, 3.05) is 51.8 Å². The van der Waals surface area contributed by atoms with Crippen molar-refractivity contribution in [3.8, 4) is 5.75 Å². The Morgan fingerprint density at radius 1 is 1.00 bits per heavy atom. The van der Waals surface area contributed by atoms with Crippen LogP contribution in [-0.2, 0) is 29.6 Å². The molecule has 2 aromatic carbocycles. The molecule has 0 radical (unpaired) electrons. The average Bonchev–Trinajstić information content (AvgIpc) is 2.89. The van der Waals surface area contributed by atoms with Crippen molar-refractivity contribution >= 4 is 43.2 Å². The average molecular weight is 558 g/mol. The Balaban J connectivity index is 1.51. The summed E-state index contributed by atoms with van der Waals surface area (Å²) in [6.45, 7) is 1.37. The van der Waals surface area contributed by atoms with Gasteiger partial charge in [0.15, 0.2) is 0 Å². The lowest BCUT2D eigenvalue weighted by molar-refractivity contribution is -0.120. The quantitative estimate of drug-likeness (QED) is 0.554. The number of hydrogen-bond acceptors (Lipinski definition) is 7. The number of nitrogens with one attached hydrogen (secondary N) is 1. The summed E-state index contributed by atoms with van der Waals surface area (Å²) in [5.41, 5.74) is 0.283. The first-order valence-corrected chi connectivity index (χ1v) is 14.7. The standard InChI is InChI=1S/C23H28ClN3O7S2/c1-33-21-9-6-19(15-22(21)36(31,32)26-11-13-34-14-12-26)25-23(28)17-3-2-10-27(16-17)35(29,30)20-7-4-18(24)5-8-20/h4-9,15,17H,2-3,10-14,16H2,1H3,(H,25,28)/t17-/m0/s1. The number of sulfonamides is 2. The van der Waals surface area contributed by atoms with Crippen LogP contribution in [0.15, 0.2) is 52.3 Å². The summed E-state index contributed by atoms with van der Waals surface area (Å²) in [5, 5.41) is 3.19. The Morgan fingerprint density at radius 3 is 2.36 bits per heavy atom. The number of benzene rings is 2. The van der Waals surface area contributed by atoms with Gasteiger partial charge in [-0.05, 0) is 55.3 Å². The first kappa shape index (κ1) is 26.8. The van der Waals surface area contributed by atoms with Gasteiger partial charge in [-0.25, -0.2) is 16.8 Å². The number of methoxy groups -OCH3 is 1. The van der Waals surface area contributed by atoms with Crippen LogP contribution in [0.4, 0.5) is 5.69 Å². The first-order valence-electron chi connectivity index (χ1n) is 11.5. The maximum Gasteiger partial charge on any atom is 0.246 e. The molecular weight excluding hydrogens is 530 g/mol. The van der Waals surface area contributed by atoms with Crippen molar-refractivity contribution in [1.82, 2.24) is 8.61 Å². The van der Waals surface area contributed by atoms with Crippen LogP contribution in [-0.4, -0.2) is 77.9 Å². The number of anilines is 1. The second-order valence-electron chi connectivity index (χ2n) is 8.53. The van der Waals surface area contributed by atoms with Crippen molar-refractivity contribution in [3.05, 3.63) is 47.5 Å². The fourth-order valence-corrected chi connectivity index (χ4v) is 7.50. The zero-order chi connectivity index (χ0) is 25.9. The summed E-state index contributed by atoms with van der Waals surface area (Å²) in [7, 11) is -6.27. The van der Waals surface area contributed by atoms with E-state index in [9.17, 15) is 21.6 Å². The summed E-state index contributed by atoms with van der Waals surface area (Å²) in [5.74, 6) is -0.814. The van der Waals surface area contributed by atoms with Crippen LogP contribution in [0.2, 0.25) is 5.02 Å². The molecule has 1 atom stereocenters. The summed E-state index contributed by atoms with van der Waals surface area (Å²) in [6, 6.07) is 10.3. The van der Waals surface area contributed by atoms with Crippen LogP contribution < -0.4 is 10.1 Å².